The molecule has 4 nitrogen and oxygen atoms in total. The maximum Gasteiger partial charge on any atom is 0.338 e. The van der Waals surface area contributed by atoms with Crippen LogP contribution in [0.15, 0.2) is 78.9 Å². The molecular weight excluding hydrogens is 340 g/mol. The highest BCUT2D eigenvalue weighted by Gasteiger charge is 2.08. The van der Waals surface area contributed by atoms with Crippen LogP contribution in [0.3, 0.4) is 0 Å². The first kappa shape index (κ1) is 18.5. The van der Waals surface area contributed by atoms with Crippen molar-refractivity contribution in [1.82, 2.24) is 0 Å². The summed E-state index contributed by atoms with van der Waals surface area (Å²) in [5.74, 6) is 0.493. The molecule has 0 aliphatic rings. The Labute approximate surface area is 159 Å². The molecule has 3 rings (SSSR count). The molecule has 0 radical (unpaired) electrons. The van der Waals surface area contributed by atoms with Gasteiger partial charge < -0.3 is 14.6 Å². The summed E-state index contributed by atoms with van der Waals surface area (Å²) in [6.45, 7) is 0.757. The molecule has 0 amide bonds. The lowest BCUT2D eigenvalue weighted by molar-refractivity contribution is 0.0500. The molecule has 1 N–H and O–H groups in total. The molecular formula is C23H22O4. The van der Waals surface area contributed by atoms with Gasteiger partial charge in [-0.25, -0.2) is 4.79 Å². The van der Waals surface area contributed by atoms with Gasteiger partial charge in [0.1, 0.15) is 18.1 Å². The fourth-order valence-corrected chi connectivity index (χ4v) is 2.70. The SMILES string of the molecule is O=C(OCCCc1ccc(O)cc1OCc1ccccc1)c1ccccc1. The Morgan fingerprint density at radius 3 is 2.33 bits per heavy atom. The van der Waals surface area contributed by atoms with Gasteiger partial charge in [0, 0.05) is 6.07 Å². The normalized spacial score (nSPS) is 10.4. The number of carbonyl (C=O) groups is 1. The van der Waals surface area contributed by atoms with E-state index in [9.17, 15) is 9.90 Å². The van der Waals surface area contributed by atoms with Crippen LogP contribution in [0.25, 0.3) is 0 Å². The van der Waals surface area contributed by atoms with E-state index in [4.69, 9.17) is 9.47 Å². The number of carbonyl (C=O) groups excluding carboxylic acids is 1. The topological polar surface area (TPSA) is 55.8 Å². The van der Waals surface area contributed by atoms with Gasteiger partial charge in [-0.3, -0.25) is 0 Å². The molecule has 0 heterocycles. The van der Waals surface area contributed by atoms with Crippen LogP contribution in [0, 0.1) is 0 Å². The Hall–Kier alpha value is -3.27. The highest BCUT2D eigenvalue weighted by Crippen LogP contribution is 2.26. The van der Waals surface area contributed by atoms with Crippen LogP contribution in [0.5, 0.6) is 11.5 Å². The smallest absolute Gasteiger partial charge is 0.338 e. The molecule has 0 aliphatic carbocycles. The van der Waals surface area contributed by atoms with Gasteiger partial charge in [-0.2, -0.15) is 0 Å². The van der Waals surface area contributed by atoms with E-state index in [-0.39, 0.29) is 11.7 Å². The van der Waals surface area contributed by atoms with E-state index >= 15 is 0 Å². The van der Waals surface area contributed by atoms with Crippen molar-refractivity contribution in [3.8, 4) is 11.5 Å². The van der Waals surface area contributed by atoms with Crippen molar-refractivity contribution in [2.24, 2.45) is 0 Å². The van der Waals surface area contributed by atoms with E-state index in [1.807, 2.05) is 54.6 Å². The summed E-state index contributed by atoms with van der Waals surface area (Å²) in [5, 5.41) is 9.76. The molecule has 0 atom stereocenters. The average molecular weight is 362 g/mol. The van der Waals surface area contributed by atoms with Crippen LogP contribution in [0.1, 0.15) is 27.9 Å². The zero-order valence-corrected chi connectivity index (χ0v) is 15.0. The monoisotopic (exact) mass is 362 g/mol. The molecule has 0 aliphatic heterocycles. The summed E-state index contributed by atoms with van der Waals surface area (Å²) in [5.41, 5.74) is 2.58. The van der Waals surface area contributed by atoms with Gasteiger partial charge in [0.15, 0.2) is 0 Å². The van der Waals surface area contributed by atoms with Crippen LogP contribution in [0.2, 0.25) is 0 Å². The van der Waals surface area contributed by atoms with Crippen LogP contribution in [-0.2, 0) is 17.8 Å². The number of aromatic hydroxyl groups is 1. The van der Waals surface area contributed by atoms with Gasteiger partial charge in [0.25, 0.3) is 0 Å². The van der Waals surface area contributed by atoms with Gasteiger partial charge >= 0.3 is 5.97 Å². The summed E-state index contributed by atoms with van der Waals surface area (Å²) in [7, 11) is 0. The van der Waals surface area contributed by atoms with Gasteiger partial charge in [-0.1, -0.05) is 54.6 Å². The van der Waals surface area contributed by atoms with Crippen LogP contribution >= 0.6 is 0 Å². The third kappa shape index (κ3) is 5.61. The quantitative estimate of drug-likeness (QED) is 0.464. The molecule has 0 fully saturated rings. The van der Waals surface area contributed by atoms with E-state index < -0.39 is 0 Å². The molecule has 0 bridgehead atoms. The first-order valence-corrected chi connectivity index (χ1v) is 8.93. The number of phenols is 1. The third-order valence-electron chi connectivity index (χ3n) is 4.12. The standard InChI is InChI=1S/C23H22O4/c24-21-14-13-19(22(16-21)27-17-18-8-3-1-4-9-18)12-7-15-26-23(25)20-10-5-2-6-11-20/h1-6,8-11,13-14,16,24H,7,12,15,17H2. The number of ether oxygens (including phenoxy) is 2. The van der Waals surface area contributed by atoms with Gasteiger partial charge in [0.05, 0.1) is 12.2 Å². The maximum atomic E-state index is 11.9. The van der Waals surface area contributed by atoms with Crippen LogP contribution in [-0.4, -0.2) is 17.7 Å². The minimum absolute atomic E-state index is 0.164. The maximum absolute atomic E-state index is 11.9. The second-order valence-corrected chi connectivity index (χ2v) is 6.17. The minimum Gasteiger partial charge on any atom is -0.508 e. The van der Waals surface area contributed by atoms with Crippen molar-refractivity contribution in [1.29, 1.82) is 0 Å². The zero-order valence-electron chi connectivity index (χ0n) is 15.0. The van der Waals surface area contributed by atoms with E-state index in [2.05, 4.69) is 0 Å². The summed E-state index contributed by atoms with van der Waals surface area (Å²) in [6, 6.07) is 23.9. The van der Waals surface area contributed by atoms with Crippen molar-refractivity contribution in [3.63, 3.8) is 0 Å². The molecule has 0 spiro atoms. The lowest BCUT2D eigenvalue weighted by atomic mass is 10.1. The molecule has 0 aromatic heterocycles. The fraction of sp³-hybridized carbons (Fsp3) is 0.174. The number of rotatable bonds is 8. The Bertz CT molecular complexity index is 860. The van der Waals surface area contributed by atoms with Crippen LogP contribution < -0.4 is 4.74 Å². The predicted octanol–water partition coefficient (Wildman–Crippen LogP) is 4.76. The average Bonchev–Trinajstić information content (AvgIpc) is 2.72. The number of benzene rings is 3. The first-order chi connectivity index (χ1) is 13.2. The number of hydrogen-bond donors (Lipinski definition) is 1. The van der Waals surface area contributed by atoms with Crippen molar-refractivity contribution in [2.75, 3.05) is 6.61 Å². The van der Waals surface area contributed by atoms with E-state index in [1.165, 1.54) is 0 Å². The van der Waals surface area contributed by atoms with E-state index in [1.54, 1.807) is 24.3 Å². The summed E-state index contributed by atoms with van der Waals surface area (Å²) < 4.78 is 11.2. The van der Waals surface area contributed by atoms with Crippen molar-refractivity contribution >= 4 is 5.97 Å². The Balaban J connectivity index is 1.53. The Morgan fingerprint density at radius 2 is 1.59 bits per heavy atom. The molecule has 138 valence electrons. The summed E-state index contributed by atoms with van der Waals surface area (Å²) in [6.07, 6.45) is 1.36. The first-order valence-electron chi connectivity index (χ1n) is 8.93. The van der Waals surface area contributed by atoms with Crippen molar-refractivity contribution in [3.05, 3.63) is 95.6 Å². The second-order valence-electron chi connectivity index (χ2n) is 6.17. The van der Waals surface area contributed by atoms with Crippen molar-refractivity contribution < 1.29 is 19.4 Å². The van der Waals surface area contributed by atoms with Crippen LogP contribution in [0.4, 0.5) is 0 Å². The largest absolute Gasteiger partial charge is 0.508 e. The minimum atomic E-state index is -0.318. The molecule has 0 unspecified atom stereocenters. The molecule has 0 saturated carbocycles. The molecule has 3 aromatic rings. The zero-order chi connectivity index (χ0) is 18.9. The Morgan fingerprint density at radius 1 is 0.889 bits per heavy atom. The number of aryl methyl sites for hydroxylation is 1. The molecule has 27 heavy (non-hydrogen) atoms. The number of hydrogen-bond acceptors (Lipinski definition) is 4. The van der Waals surface area contributed by atoms with E-state index in [0.717, 1.165) is 11.1 Å². The molecule has 4 heteroatoms. The van der Waals surface area contributed by atoms with Gasteiger partial charge in [-0.15, -0.1) is 0 Å². The third-order valence-corrected chi connectivity index (χ3v) is 4.12. The fourth-order valence-electron chi connectivity index (χ4n) is 2.70. The lowest BCUT2D eigenvalue weighted by Crippen LogP contribution is -2.07. The highest BCUT2D eigenvalue weighted by atomic mass is 16.5. The lowest BCUT2D eigenvalue weighted by Gasteiger charge is -2.12. The van der Waals surface area contributed by atoms with Crippen molar-refractivity contribution in [2.45, 2.75) is 19.4 Å². The molecule has 3 aromatic carbocycles. The Kier molecular flexibility index (Phi) is 6.47. The summed E-state index contributed by atoms with van der Waals surface area (Å²) in [4.78, 5) is 11.9. The second kappa shape index (κ2) is 9.43. The van der Waals surface area contributed by atoms with E-state index in [0.29, 0.717) is 37.4 Å². The number of esters is 1. The van der Waals surface area contributed by atoms with Gasteiger partial charge in [-0.05, 0) is 42.2 Å². The highest BCUT2D eigenvalue weighted by molar-refractivity contribution is 5.89. The predicted molar refractivity (Wildman–Crippen MR) is 104 cm³/mol. The summed E-state index contributed by atoms with van der Waals surface area (Å²) >= 11 is 0. The van der Waals surface area contributed by atoms with Gasteiger partial charge in [0.2, 0.25) is 0 Å². The number of phenolic OH excluding ortho intramolecular Hbond substituents is 1. The molecule has 0 saturated heterocycles.